The van der Waals surface area contributed by atoms with Crippen LogP contribution in [0.2, 0.25) is 0 Å². The van der Waals surface area contributed by atoms with Gasteiger partial charge in [0.2, 0.25) is 0 Å². The number of hydrogen-bond donors (Lipinski definition) is 0. The van der Waals surface area contributed by atoms with Gasteiger partial charge in [-0.2, -0.15) is 11.8 Å². The molecule has 0 radical (unpaired) electrons. The molecule has 0 amide bonds. The average molecular weight is 310 g/mol. The van der Waals surface area contributed by atoms with Gasteiger partial charge in [0.25, 0.3) is 0 Å². The molecule has 0 saturated carbocycles. The Hall–Kier alpha value is -0.740. The van der Waals surface area contributed by atoms with Gasteiger partial charge in [-0.3, -0.25) is 0 Å². The van der Waals surface area contributed by atoms with Crippen LogP contribution in [-0.4, -0.2) is 25.5 Å². The summed E-state index contributed by atoms with van der Waals surface area (Å²) >= 11 is 8.39. The molecule has 1 aliphatic rings. The molecule has 3 heterocycles. The molecule has 2 aromatic rings. The van der Waals surface area contributed by atoms with Gasteiger partial charge in [-0.15, -0.1) is 11.6 Å². The first-order valence-electron chi connectivity index (χ1n) is 7.24. The molecule has 0 N–H and O–H groups in total. The van der Waals surface area contributed by atoms with Crippen molar-refractivity contribution < 1.29 is 0 Å². The van der Waals surface area contributed by atoms with Crippen molar-refractivity contribution in [3.8, 4) is 0 Å². The highest BCUT2D eigenvalue weighted by atomic mass is 35.5. The van der Waals surface area contributed by atoms with E-state index in [1.54, 1.807) is 0 Å². The van der Waals surface area contributed by atoms with E-state index in [2.05, 4.69) is 26.3 Å². The van der Waals surface area contributed by atoms with Crippen LogP contribution < -0.4 is 0 Å². The minimum Gasteiger partial charge on any atom is -0.310 e. The number of pyridine rings is 1. The molecule has 2 aromatic heterocycles. The van der Waals surface area contributed by atoms with Gasteiger partial charge in [-0.05, 0) is 44.6 Å². The average Bonchev–Trinajstić information content (AvgIpc) is 2.78. The molecule has 108 valence electrons. The molecule has 5 heteroatoms. The minimum atomic E-state index is -0.0851. The maximum atomic E-state index is 6.32. The summed E-state index contributed by atoms with van der Waals surface area (Å²) in [7, 11) is 0. The number of imidazole rings is 1. The van der Waals surface area contributed by atoms with Gasteiger partial charge >= 0.3 is 0 Å². The third kappa shape index (κ3) is 2.82. The lowest BCUT2D eigenvalue weighted by molar-refractivity contribution is 0.573. The van der Waals surface area contributed by atoms with Gasteiger partial charge in [-0.1, -0.05) is 6.42 Å². The fourth-order valence-corrected chi connectivity index (χ4v) is 4.21. The molecule has 0 aromatic carbocycles. The highest BCUT2D eigenvalue weighted by Gasteiger charge is 2.21. The summed E-state index contributed by atoms with van der Waals surface area (Å²) in [5.74, 6) is 2.22. The van der Waals surface area contributed by atoms with Crippen molar-refractivity contribution in [2.45, 2.75) is 50.3 Å². The van der Waals surface area contributed by atoms with Crippen molar-refractivity contribution in [1.82, 2.24) is 14.5 Å². The summed E-state index contributed by atoms with van der Waals surface area (Å²) in [5.41, 5.74) is 2.97. The van der Waals surface area contributed by atoms with Crippen molar-refractivity contribution >= 4 is 34.5 Å². The quantitative estimate of drug-likeness (QED) is 0.791. The van der Waals surface area contributed by atoms with Crippen LogP contribution in [0.3, 0.4) is 0 Å². The van der Waals surface area contributed by atoms with E-state index in [0.29, 0.717) is 5.25 Å². The summed E-state index contributed by atoms with van der Waals surface area (Å²) in [6, 6.07) is 4.06. The van der Waals surface area contributed by atoms with Crippen LogP contribution in [0, 0.1) is 6.92 Å². The molecule has 1 aliphatic heterocycles. The van der Waals surface area contributed by atoms with E-state index < -0.39 is 0 Å². The largest absolute Gasteiger partial charge is 0.310 e. The molecule has 0 spiro atoms. The standard InChI is InChI=1S/C15H20ClN3S/c1-10-6-7-13-15(17-10)19(14(18-13)11(2)16)9-12-5-3-4-8-20-12/h6-7,11-12H,3-5,8-9H2,1-2H3. The molecule has 20 heavy (non-hydrogen) atoms. The molecule has 3 nitrogen and oxygen atoms in total. The zero-order chi connectivity index (χ0) is 14.1. The van der Waals surface area contributed by atoms with Crippen LogP contribution in [0.25, 0.3) is 11.2 Å². The van der Waals surface area contributed by atoms with Crippen LogP contribution in [0.1, 0.15) is 43.1 Å². The number of fused-ring (bicyclic) bond motifs is 1. The lowest BCUT2D eigenvalue weighted by atomic mass is 10.2. The van der Waals surface area contributed by atoms with E-state index in [0.717, 1.165) is 29.2 Å². The lowest BCUT2D eigenvalue weighted by Gasteiger charge is -2.23. The Bertz CT molecular complexity index is 602. The fourth-order valence-electron chi connectivity index (χ4n) is 2.75. The number of nitrogens with zero attached hydrogens (tertiary/aromatic N) is 3. The number of alkyl halides is 1. The topological polar surface area (TPSA) is 30.7 Å². The molecule has 1 saturated heterocycles. The van der Waals surface area contributed by atoms with Crippen LogP contribution in [-0.2, 0) is 6.54 Å². The Morgan fingerprint density at radius 3 is 2.95 bits per heavy atom. The number of halogens is 1. The van der Waals surface area contributed by atoms with E-state index in [9.17, 15) is 0 Å². The summed E-state index contributed by atoms with van der Waals surface area (Å²) in [4.78, 5) is 9.35. The second kappa shape index (κ2) is 5.94. The first kappa shape index (κ1) is 14.2. The third-order valence-electron chi connectivity index (χ3n) is 3.78. The van der Waals surface area contributed by atoms with Crippen LogP contribution >= 0.6 is 23.4 Å². The Labute approximate surface area is 129 Å². The summed E-state index contributed by atoms with van der Waals surface area (Å²) in [5, 5.41) is 0.579. The molecule has 0 bridgehead atoms. The molecule has 2 unspecified atom stereocenters. The van der Waals surface area contributed by atoms with Gasteiger partial charge in [-0.25, -0.2) is 9.97 Å². The van der Waals surface area contributed by atoms with E-state index in [4.69, 9.17) is 11.6 Å². The zero-order valence-electron chi connectivity index (χ0n) is 12.0. The second-order valence-corrected chi connectivity index (χ2v) is 7.54. The second-order valence-electron chi connectivity index (χ2n) is 5.48. The van der Waals surface area contributed by atoms with Crippen LogP contribution in [0.4, 0.5) is 0 Å². The van der Waals surface area contributed by atoms with Crippen LogP contribution in [0.5, 0.6) is 0 Å². The minimum absolute atomic E-state index is 0.0851. The van der Waals surface area contributed by atoms with E-state index in [-0.39, 0.29) is 5.38 Å². The van der Waals surface area contributed by atoms with Gasteiger partial charge in [0, 0.05) is 17.5 Å². The number of aromatic nitrogens is 3. The lowest BCUT2D eigenvalue weighted by Crippen LogP contribution is -2.19. The maximum Gasteiger partial charge on any atom is 0.160 e. The number of rotatable bonds is 3. The number of aryl methyl sites for hydroxylation is 1. The summed E-state index contributed by atoms with van der Waals surface area (Å²) in [6.07, 6.45) is 3.97. The van der Waals surface area contributed by atoms with Crippen molar-refractivity contribution in [3.05, 3.63) is 23.7 Å². The van der Waals surface area contributed by atoms with Gasteiger partial charge in [0.1, 0.15) is 11.3 Å². The van der Waals surface area contributed by atoms with Crippen molar-refractivity contribution in [3.63, 3.8) is 0 Å². The highest BCUT2D eigenvalue weighted by molar-refractivity contribution is 7.99. The molecule has 1 fully saturated rings. The van der Waals surface area contributed by atoms with Gasteiger partial charge in [0.15, 0.2) is 5.65 Å². The predicted molar refractivity (Wildman–Crippen MR) is 86.6 cm³/mol. The number of thioether (sulfide) groups is 1. The molecule has 3 rings (SSSR count). The summed E-state index contributed by atoms with van der Waals surface area (Å²) in [6.45, 7) is 4.99. The third-order valence-corrected chi connectivity index (χ3v) is 5.35. The Balaban J connectivity index is 2.01. The van der Waals surface area contributed by atoms with Crippen molar-refractivity contribution in [2.24, 2.45) is 0 Å². The molecular formula is C15H20ClN3S. The Morgan fingerprint density at radius 1 is 1.40 bits per heavy atom. The normalized spacial score (nSPS) is 21.2. The van der Waals surface area contributed by atoms with Gasteiger partial charge in [0.05, 0.1) is 5.38 Å². The fraction of sp³-hybridized carbons (Fsp3) is 0.600. The van der Waals surface area contributed by atoms with Crippen LogP contribution in [0.15, 0.2) is 12.1 Å². The smallest absolute Gasteiger partial charge is 0.160 e. The Kier molecular flexibility index (Phi) is 4.22. The summed E-state index contributed by atoms with van der Waals surface area (Å²) < 4.78 is 2.24. The Morgan fingerprint density at radius 2 is 2.25 bits per heavy atom. The monoisotopic (exact) mass is 309 g/mol. The molecule has 0 aliphatic carbocycles. The first-order chi connectivity index (χ1) is 9.65. The molecule has 2 atom stereocenters. The predicted octanol–water partition coefficient (Wildman–Crippen LogP) is 4.33. The van der Waals surface area contributed by atoms with E-state index >= 15 is 0 Å². The SMILES string of the molecule is Cc1ccc2nc(C(C)Cl)n(CC3CCCCS3)c2n1. The first-order valence-corrected chi connectivity index (χ1v) is 8.73. The van der Waals surface area contributed by atoms with E-state index in [1.165, 1.54) is 25.0 Å². The van der Waals surface area contributed by atoms with E-state index in [1.807, 2.05) is 26.0 Å². The number of hydrogen-bond acceptors (Lipinski definition) is 3. The zero-order valence-corrected chi connectivity index (χ0v) is 13.5. The molecular weight excluding hydrogens is 290 g/mol. The maximum absolute atomic E-state index is 6.32. The van der Waals surface area contributed by atoms with Gasteiger partial charge < -0.3 is 4.57 Å². The van der Waals surface area contributed by atoms with Crippen molar-refractivity contribution in [1.29, 1.82) is 0 Å². The van der Waals surface area contributed by atoms with Crippen molar-refractivity contribution in [2.75, 3.05) is 5.75 Å². The highest BCUT2D eigenvalue weighted by Crippen LogP contribution is 2.30.